The molecule has 0 atom stereocenters. The molecule has 0 radical (unpaired) electrons. The lowest BCUT2D eigenvalue weighted by Gasteiger charge is -2.14. The van der Waals surface area contributed by atoms with Crippen LogP contribution in [0, 0.1) is 0 Å². The largest absolute Gasteiger partial charge is 0.493 e. The number of ether oxygens (including phenoxy) is 3. The summed E-state index contributed by atoms with van der Waals surface area (Å²) < 4.78 is 15.7. The van der Waals surface area contributed by atoms with Crippen molar-refractivity contribution in [3.05, 3.63) is 47.5 Å². The van der Waals surface area contributed by atoms with E-state index < -0.39 is 11.8 Å². The van der Waals surface area contributed by atoms with Gasteiger partial charge in [0.05, 0.1) is 21.3 Å². The molecule has 0 spiro atoms. The van der Waals surface area contributed by atoms with E-state index in [1.165, 1.54) is 39.5 Å². The first kappa shape index (κ1) is 17.1. The second-order valence-corrected chi connectivity index (χ2v) is 4.81. The zero-order chi connectivity index (χ0) is 17.7. The van der Waals surface area contributed by atoms with Crippen molar-refractivity contribution in [2.75, 3.05) is 26.6 Å². The summed E-state index contributed by atoms with van der Waals surface area (Å²) in [5.41, 5.74) is 6.30. The first-order valence-corrected chi connectivity index (χ1v) is 7.01. The van der Waals surface area contributed by atoms with Crippen molar-refractivity contribution in [2.45, 2.75) is 0 Å². The van der Waals surface area contributed by atoms with Crippen molar-refractivity contribution >= 4 is 17.5 Å². The molecule has 7 nitrogen and oxygen atoms in total. The van der Waals surface area contributed by atoms with E-state index in [1.807, 2.05) is 0 Å². The fourth-order valence-electron chi connectivity index (χ4n) is 2.17. The van der Waals surface area contributed by atoms with Gasteiger partial charge in [0.2, 0.25) is 11.7 Å². The average Bonchev–Trinajstić information content (AvgIpc) is 2.60. The number of nitrogens with two attached hydrogens (primary N) is 1. The fourth-order valence-corrected chi connectivity index (χ4v) is 2.17. The first-order valence-electron chi connectivity index (χ1n) is 7.01. The maximum Gasteiger partial charge on any atom is 0.255 e. The number of carbonyl (C=O) groups excluding carboxylic acids is 2. The highest BCUT2D eigenvalue weighted by Crippen LogP contribution is 2.38. The Labute approximate surface area is 139 Å². The van der Waals surface area contributed by atoms with Gasteiger partial charge in [0.1, 0.15) is 0 Å². The minimum Gasteiger partial charge on any atom is -0.493 e. The predicted octanol–water partition coefficient (Wildman–Crippen LogP) is 2.06. The normalized spacial score (nSPS) is 9.96. The van der Waals surface area contributed by atoms with Crippen molar-refractivity contribution in [1.82, 2.24) is 0 Å². The Kier molecular flexibility index (Phi) is 5.26. The number of hydrogen-bond acceptors (Lipinski definition) is 5. The van der Waals surface area contributed by atoms with Gasteiger partial charge in [-0.25, -0.2) is 0 Å². The number of amides is 2. The molecule has 0 bridgehead atoms. The molecule has 0 aliphatic carbocycles. The van der Waals surface area contributed by atoms with Crippen LogP contribution >= 0.6 is 0 Å². The summed E-state index contributed by atoms with van der Waals surface area (Å²) in [6.45, 7) is 0. The quantitative estimate of drug-likeness (QED) is 0.844. The predicted molar refractivity (Wildman–Crippen MR) is 89.0 cm³/mol. The third-order valence-corrected chi connectivity index (χ3v) is 3.33. The lowest BCUT2D eigenvalue weighted by Crippen LogP contribution is -2.14. The number of nitrogens with one attached hydrogen (secondary N) is 1. The first-order chi connectivity index (χ1) is 11.5. The third kappa shape index (κ3) is 3.57. The van der Waals surface area contributed by atoms with Crippen molar-refractivity contribution < 1.29 is 23.8 Å². The van der Waals surface area contributed by atoms with E-state index in [4.69, 9.17) is 19.9 Å². The molecule has 2 rings (SSSR count). The number of primary amides is 1. The van der Waals surface area contributed by atoms with E-state index in [2.05, 4.69) is 5.32 Å². The zero-order valence-electron chi connectivity index (χ0n) is 13.6. The summed E-state index contributed by atoms with van der Waals surface area (Å²) >= 11 is 0. The molecule has 0 saturated carbocycles. The van der Waals surface area contributed by atoms with Crippen LogP contribution in [0.5, 0.6) is 17.2 Å². The number of hydrogen-bond donors (Lipinski definition) is 2. The van der Waals surface area contributed by atoms with Crippen molar-refractivity contribution in [2.24, 2.45) is 5.73 Å². The zero-order valence-corrected chi connectivity index (χ0v) is 13.6. The molecule has 3 N–H and O–H groups in total. The van der Waals surface area contributed by atoms with Crippen LogP contribution < -0.4 is 25.3 Å². The Morgan fingerprint density at radius 3 is 2.04 bits per heavy atom. The highest BCUT2D eigenvalue weighted by atomic mass is 16.5. The van der Waals surface area contributed by atoms with Crippen LogP contribution in [0.15, 0.2) is 36.4 Å². The van der Waals surface area contributed by atoms with Crippen LogP contribution in [0.25, 0.3) is 0 Å². The van der Waals surface area contributed by atoms with Crippen molar-refractivity contribution in [3.63, 3.8) is 0 Å². The van der Waals surface area contributed by atoms with E-state index in [-0.39, 0.29) is 0 Å². The Bertz CT molecular complexity index is 748. The van der Waals surface area contributed by atoms with Gasteiger partial charge < -0.3 is 25.3 Å². The molecule has 2 aromatic carbocycles. The van der Waals surface area contributed by atoms with Gasteiger partial charge in [0.25, 0.3) is 5.91 Å². The summed E-state index contributed by atoms with van der Waals surface area (Å²) in [5.74, 6) is 0.169. The SMILES string of the molecule is COc1cc(C(=O)Nc2cccc(C(N)=O)c2)cc(OC)c1OC. The van der Waals surface area contributed by atoms with Gasteiger partial charge in [-0.3, -0.25) is 9.59 Å². The maximum absolute atomic E-state index is 12.5. The minimum absolute atomic E-state index is 0.303. The van der Waals surface area contributed by atoms with Gasteiger partial charge >= 0.3 is 0 Å². The van der Waals surface area contributed by atoms with Crippen LogP contribution in [0.2, 0.25) is 0 Å². The lowest BCUT2D eigenvalue weighted by atomic mass is 10.1. The van der Waals surface area contributed by atoms with Crippen molar-refractivity contribution in [3.8, 4) is 17.2 Å². The van der Waals surface area contributed by atoms with Gasteiger partial charge in [-0.1, -0.05) is 6.07 Å². The molecule has 0 fully saturated rings. The van der Waals surface area contributed by atoms with Gasteiger partial charge in [-0.2, -0.15) is 0 Å². The molecule has 0 heterocycles. The Balaban J connectivity index is 2.33. The van der Waals surface area contributed by atoms with Crippen LogP contribution in [0.4, 0.5) is 5.69 Å². The smallest absolute Gasteiger partial charge is 0.255 e. The third-order valence-electron chi connectivity index (χ3n) is 3.33. The summed E-state index contributed by atoms with van der Waals surface area (Å²) in [6, 6.07) is 9.42. The van der Waals surface area contributed by atoms with Crippen LogP contribution in [0.1, 0.15) is 20.7 Å². The number of carbonyl (C=O) groups is 2. The molecular formula is C17H18N2O5. The lowest BCUT2D eigenvalue weighted by molar-refractivity contribution is 0.0996. The summed E-state index contributed by atoms with van der Waals surface area (Å²) in [7, 11) is 4.42. The number of rotatable bonds is 6. The van der Waals surface area contributed by atoms with E-state index in [1.54, 1.807) is 18.2 Å². The number of benzene rings is 2. The van der Waals surface area contributed by atoms with Gasteiger partial charge in [-0.15, -0.1) is 0 Å². The summed E-state index contributed by atoms with van der Waals surface area (Å²) in [5, 5.41) is 2.69. The highest BCUT2D eigenvalue weighted by molar-refractivity contribution is 6.05. The average molecular weight is 330 g/mol. The van der Waals surface area contributed by atoms with Crippen LogP contribution in [-0.4, -0.2) is 33.1 Å². The van der Waals surface area contributed by atoms with Crippen LogP contribution in [-0.2, 0) is 0 Å². The number of methoxy groups -OCH3 is 3. The molecule has 0 aromatic heterocycles. The molecule has 2 amide bonds. The summed E-state index contributed by atoms with van der Waals surface area (Å²) in [6.07, 6.45) is 0. The Morgan fingerprint density at radius 2 is 1.54 bits per heavy atom. The minimum atomic E-state index is -0.570. The maximum atomic E-state index is 12.5. The highest BCUT2D eigenvalue weighted by Gasteiger charge is 2.17. The monoisotopic (exact) mass is 330 g/mol. The molecule has 0 aliphatic heterocycles. The van der Waals surface area contributed by atoms with E-state index in [0.29, 0.717) is 34.1 Å². The number of anilines is 1. The molecule has 126 valence electrons. The Morgan fingerprint density at radius 1 is 0.917 bits per heavy atom. The van der Waals surface area contributed by atoms with E-state index in [9.17, 15) is 9.59 Å². The molecule has 24 heavy (non-hydrogen) atoms. The van der Waals surface area contributed by atoms with Gasteiger partial charge in [0, 0.05) is 16.8 Å². The second kappa shape index (κ2) is 7.36. The van der Waals surface area contributed by atoms with Gasteiger partial charge in [0.15, 0.2) is 11.5 Å². The second-order valence-electron chi connectivity index (χ2n) is 4.81. The standard InChI is InChI=1S/C17H18N2O5/c1-22-13-8-11(9-14(23-2)15(13)24-3)17(21)19-12-6-4-5-10(7-12)16(18)20/h4-9H,1-3H3,(H2,18,20)(H,19,21). The molecule has 2 aromatic rings. The summed E-state index contributed by atoms with van der Waals surface area (Å²) in [4.78, 5) is 23.7. The fraction of sp³-hybridized carbons (Fsp3) is 0.176. The molecule has 0 saturated heterocycles. The van der Waals surface area contributed by atoms with Crippen molar-refractivity contribution in [1.29, 1.82) is 0 Å². The van der Waals surface area contributed by atoms with Gasteiger partial charge in [-0.05, 0) is 30.3 Å². The van der Waals surface area contributed by atoms with E-state index in [0.717, 1.165) is 0 Å². The topological polar surface area (TPSA) is 99.9 Å². The van der Waals surface area contributed by atoms with E-state index >= 15 is 0 Å². The molecule has 0 unspecified atom stereocenters. The molecule has 7 heteroatoms. The molecular weight excluding hydrogens is 312 g/mol. The van der Waals surface area contributed by atoms with Crippen LogP contribution in [0.3, 0.4) is 0 Å². The molecule has 0 aliphatic rings. The Hall–Kier alpha value is -3.22.